The van der Waals surface area contributed by atoms with E-state index in [-0.39, 0.29) is 17.2 Å². The van der Waals surface area contributed by atoms with Gasteiger partial charge in [0, 0.05) is 12.5 Å². The highest BCUT2D eigenvalue weighted by molar-refractivity contribution is 7.80. The first-order chi connectivity index (χ1) is 12.5. The summed E-state index contributed by atoms with van der Waals surface area (Å²) in [7, 11) is -3.45. The SMILES string of the molecule is CNC1CCCC1ONC(=O)[C@@H]1CC(F)(F)[C@@H]2CN1C(=O)N2OS(=O)(=O)O. The van der Waals surface area contributed by atoms with Crippen LogP contribution in [0.25, 0.3) is 0 Å². The third-order valence-electron chi connectivity index (χ3n) is 5.03. The van der Waals surface area contributed by atoms with E-state index >= 15 is 0 Å². The summed E-state index contributed by atoms with van der Waals surface area (Å²) in [4.78, 5) is 30.6. The van der Waals surface area contributed by atoms with Crippen LogP contribution in [0.1, 0.15) is 25.7 Å². The molecule has 0 radical (unpaired) electrons. The Morgan fingerprint density at radius 2 is 2.07 bits per heavy atom. The van der Waals surface area contributed by atoms with Gasteiger partial charge in [-0.25, -0.2) is 19.1 Å². The second-order valence-corrected chi connectivity index (χ2v) is 7.71. The molecule has 2 bridgehead atoms. The summed E-state index contributed by atoms with van der Waals surface area (Å²) in [5.74, 6) is -4.56. The van der Waals surface area contributed by atoms with E-state index in [0.29, 0.717) is 6.42 Å². The fourth-order valence-electron chi connectivity index (χ4n) is 3.69. The Balaban J connectivity index is 1.70. The van der Waals surface area contributed by atoms with Crippen molar-refractivity contribution in [3.05, 3.63) is 0 Å². The van der Waals surface area contributed by atoms with E-state index in [1.807, 2.05) is 0 Å². The molecule has 0 spiro atoms. The number of fused-ring (bicyclic) bond motifs is 2. The normalized spacial score (nSPS) is 32.8. The zero-order valence-corrected chi connectivity index (χ0v) is 15.1. The molecule has 1 saturated carbocycles. The molecule has 11 nitrogen and oxygen atoms in total. The molecule has 2 heterocycles. The van der Waals surface area contributed by atoms with Crippen LogP contribution in [-0.4, -0.2) is 78.6 Å². The highest BCUT2D eigenvalue weighted by atomic mass is 32.3. The number of piperidine rings is 1. The van der Waals surface area contributed by atoms with E-state index in [1.54, 1.807) is 7.05 Å². The van der Waals surface area contributed by atoms with E-state index < -0.39 is 53.3 Å². The Morgan fingerprint density at radius 1 is 1.37 bits per heavy atom. The molecule has 3 fully saturated rings. The molecule has 3 aliphatic rings. The number of hydrogen-bond acceptors (Lipinski definition) is 7. The zero-order valence-electron chi connectivity index (χ0n) is 14.3. The lowest BCUT2D eigenvalue weighted by molar-refractivity contribution is -0.162. The molecule has 2 aliphatic heterocycles. The maximum absolute atomic E-state index is 14.4. The monoisotopic (exact) mass is 414 g/mol. The Hall–Kier alpha value is -1.61. The Kier molecular flexibility index (Phi) is 5.28. The maximum Gasteiger partial charge on any atom is 0.418 e. The lowest BCUT2D eigenvalue weighted by atomic mass is 9.96. The van der Waals surface area contributed by atoms with E-state index in [9.17, 15) is 26.8 Å². The predicted molar refractivity (Wildman–Crippen MR) is 83.4 cm³/mol. The third-order valence-corrected chi connectivity index (χ3v) is 5.38. The fourth-order valence-corrected chi connectivity index (χ4v) is 4.06. The molecule has 2 unspecified atom stereocenters. The van der Waals surface area contributed by atoms with Crippen molar-refractivity contribution in [2.24, 2.45) is 0 Å². The van der Waals surface area contributed by atoms with Gasteiger partial charge in [-0.05, 0) is 26.3 Å². The van der Waals surface area contributed by atoms with Crippen molar-refractivity contribution < 1.29 is 40.5 Å². The van der Waals surface area contributed by atoms with Crippen LogP contribution in [0.2, 0.25) is 0 Å². The topological polar surface area (TPSA) is 138 Å². The first-order valence-electron chi connectivity index (χ1n) is 8.31. The van der Waals surface area contributed by atoms with Crippen LogP contribution in [-0.2, 0) is 24.3 Å². The smallest absolute Gasteiger partial charge is 0.314 e. The van der Waals surface area contributed by atoms with Crippen LogP contribution in [0.5, 0.6) is 0 Å². The summed E-state index contributed by atoms with van der Waals surface area (Å²) in [6.45, 7) is -0.637. The number of amides is 3. The van der Waals surface area contributed by atoms with Crippen molar-refractivity contribution in [2.45, 2.75) is 55.8 Å². The number of urea groups is 1. The van der Waals surface area contributed by atoms with Crippen LogP contribution >= 0.6 is 0 Å². The van der Waals surface area contributed by atoms with Crippen molar-refractivity contribution in [3.8, 4) is 0 Å². The van der Waals surface area contributed by atoms with Gasteiger partial charge < -0.3 is 10.2 Å². The second-order valence-electron chi connectivity index (χ2n) is 6.71. The van der Waals surface area contributed by atoms with Gasteiger partial charge in [0.15, 0.2) is 0 Å². The van der Waals surface area contributed by atoms with E-state index in [1.165, 1.54) is 0 Å². The first-order valence-corrected chi connectivity index (χ1v) is 9.67. The molecule has 27 heavy (non-hydrogen) atoms. The number of hydrogen-bond donors (Lipinski definition) is 3. The van der Waals surface area contributed by atoms with Crippen LogP contribution in [0.3, 0.4) is 0 Å². The summed E-state index contributed by atoms with van der Waals surface area (Å²) >= 11 is 0. The number of likely N-dealkylation sites (N-methyl/N-ethyl adjacent to an activating group) is 1. The molecule has 0 aromatic carbocycles. The van der Waals surface area contributed by atoms with Crippen LogP contribution in [0.4, 0.5) is 13.6 Å². The molecule has 1 aliphatic carbocycles. The second kappa shape index (κ2) is 7.09. The molecular weight excluding hydrogens is 394 g/mol. The molecule has 3 amide bonds. The van der Waals surface area contributed by atoms with Gasteiger partial charge >= 0.3 is 16.4 Å². The minimum absolute atomic E-state index is 0.00884. The highest BCUT2D eigenvalue weighted by Crippen LogP contribution is 2.41. The van der Waals surface area contributed by atoms with Gasteiger partial charge in [0.05, 0.1) is 6.54 Å². The average molecular weight is 414 g/mol. The Labute approximate surface area is 153 Å². The van der Waals surface area contributed by atoms with Gasteiger partial charge in [-0.15, -0.1) is 4.28 Å². The van der Waals surface area contributed by atoms with Gasteiger partial charge in [0.2, 0.25) is 0 Å². The highest BCUT2D eigenvalue weighted by Gasteiger charge is 2.62. The average Bonchev–Trinajstić information content (AvgIpc) is 3.13. The summed E-state index contributed by atoms with van der Waals surface area (Å²) in [6.07, 6.45) is 1.02. The van der Waals surface area contributed by atoms with Crippen molar-refractivity contribution in [1.82, 2.24) is 20.8 Å². The zero-order chi connectivity index (χ0) is 20.0. The standard InChI is InChI=1S/C13H20F2N4O7S/c1-16-7-3-2-4-9(7)25-17-11(20)8-5-13(14,15)10-6-18(8)12(21)19(10)26-27(22,23)24/h7-10,16H,2-6H2,1H3,(H,17,20)(H,22,23,24)/t7?,8-,9?,10-/m0/s1. The fraction of sp³-hybridized carbons (Fsp3) is 0.846. The van der Waals surface area contributed by atoms with Crippen molar-refractivity contribution in [1.29, 1.82) is 0 Å². The molecule has 154 valence electrons. The summed E-state index contributed by atoms with van der Waals surface area (Å²) in [5.41, 5.74) is 2.13. The minimum atomic E-state index is -5.18. The van der Waals surface area contributed by atoms with Crippen molar-refractivity contribution in [2.75, 3.05) is 13.6 Å². The van der Waals surface area contributed by atoms with Gasteiger partial charge in [-0.2, -0.15) is 13.5 Å². The van der Waals surface area contributed by atoms with Gasteiger partial charge in [-0.3, -0.25) is 14.2 Å². The summed E-state index contributed by atoms with van der Waals surface area (Å²) in [6, 6.07) is -4.77. The van der Waals surface area contributed by atoms with E-state index in [4.69, 9.17) is 9.39 Å². The minimum Gasteiger partial charge on any atom is -0.314 e. The van der Waals surface area contributed by atoms with Gasteiger partial charge in [-0.1, -0.05) is 0 Å². The number of hydroxylamine groups is 3. The molecule has 14 heteroatoms. The molecule has 3 rings (SSSR count). The summed E-state index contributed by atoms with van der Waals surface area (Å²) < 4.78 is 63.0. The number of nitrogens with one attached hydrogen (secondary N) is 2. The summed E-state index contributed by atoms with van der Waals surface area (Å²) in [5, 5.41) is 2.91. The van der Waals surface area contributed by atoms with E-state index in [2.05, 4.69) is 15.1 Å². The number of carbonyl (C=O) groups excluding carboxylic acids is 2. The van der Waals surface area contributed by atoms with Gasteiger partial charge in [0.25, 0.3) is 11.8 Å². The lowest BCUT2D eigenvalue weighted by Gasteiger charge is -2.35. The quantitative estimate of drug-likeness (QED) is 0.388. The number of halogens is 2. The van der Waals surface area contributed by atoms with E-state index in [0.717, 1.165) is 17.7 Å². The Bertz CT molecular complexity index is 721. The maximum atomic E-state index is 14.4. The largest absolute Gasteiger partial charge is 0.418 e. The lowest BCUT2D eigenvalue weighted by Crippen LogP contribution is -2.57. The predicted octanol–water partition coefficient (Wildman–Crippen LogP) is -0.577. The third kappa shape index (κ3) is 3.99. The Morgan fingerprint density at radius 3 is 2.70 bits per heavy atom. The van der Waals surface area contributed by atoms with Crippen molar-refractivity contribution in [3.63, 3.8) is 0 Å². The molecule has 0 aromatic heterocycles. The number of nitrogens with zero attached hydrogens (tertiary/aromatic N) is 2. The molecule has 3 N–H and O–H groups in total. The van der Waals surface area contributed by atoms with Crippen LogP contribution in [0, 0.1) is 0 Å². The van der Waals surface area contributed by atoms with Crippen LogP contribution < -0.4 is 10.8 Å². The van der Waals surface area contributed by atoms with Crippen molar-refractivity contribution >= 4 is 22.3 Å². The van der Waals surface area contributed by atoms with Gasteiger partial charge in [0.1, 0.15) is 18.2 Å². The molecule has 4 atom stereocenters. The number of alkyl halides is 2. The first kappa shape index (κ1) is 20.1. The number of carbonyl (C=O) groups is 2. The molecule has 0 aromatic rings. The molecule has 2 saturated heterocycles. The van der Waals surface area contributed by atoms with Crippen LogP contribution in [0.15, 0.2) is 0 Å². The molecular formula is C13H20F2N4O7S. The number of rotatable bonds is 6.